The highest BCUT2D eigenvalue weighted by Crippen LogP contribution is 2.37. The van der Waals surface area contributed by atoms with Crippen molar-refractivity contribution in [3.05, 3.63) is 41.5 Å². The molecule has 0 spiro atoms. The third kappa shape index (κ3) is 5.31. The van der Waals surface area contributed by atoms with Gasteiger partial charge in [0.1, 0.15) is 35.9 Å². The normalized spacial score (nSPS) is 23.2. The number of anilines is 1. The molecule has 3 aromatic rings. The first kappa shape index (κ1) is 23.5. The summed E-state index contributed by atoms with van der Waals surface area (Å²) in [6.07, 6.45) is -2.27. The molecule has 1 aliphatic heterocycles. The fraction of sp³-hybridized carbons (Fsp3) is 0.421. The topological polar surface area (TPSA) is 192 Å². The molecule has 33 heavy (non-hydrogen) atoms. The van der Waals surface area contributed by atoms with Crippen molar-refractivity contribution in [2.24, 2.45) is 0 Å². The van der Waals surface area contributed by atoms with Crippen molar-refractivity contribution in [2.45, 2.75) is 45.0 Å². The molecule has 1 unspecified atom stereocenters. The molecule has 13 nitrogen and oxygen atoms in total. The number of rotatable bonds is 8. The van der Waals surface area contributed by atoms with Crippen LogP contribution in [0, 0.1) is 13.8 Å². The smallest absolute Gasteiger partial charge is 0.462 e. The highest BCUT2D eigenvalue weighted by Gasteiger charge is 2.45. The predicted molar refractivity (Wildman–Crippen MR) is 114 cm³/mol. The van der Waals surface area contributed by atoms with Gasteiger partial charge in [-0.1, -0.05) is 0 Å². The second kappa shape index (κ2) is 9.31. The van der Waals surface area contributed by atoms with E-state index < -0.39 is 39.0 Å². The summed E-state index contributed by atoms with van der Waals surface area (Å²) in [5.74, 6) is 1.02. The van der Waals surface area contributed by atoms with Gasteiger partial charge < -0.3 is 39.8 Å². The minimum atomic E-state index is -4.74. The van der Waals surface area contributed by atoms with Gasteiger partial charge in [-0.15, -0.1) is 0 Å². The zero-order valence-electron chi connectivity index (χ0n) is 17.7. The lowest BCUT2D eigenvalue weighted by Crippen LogP contribution is -2.35. The summed E-state index contributed by atoms with van der Waals surface area (Å²) in [5, 5.41) is 23.6. The van der Waals surface area contributed by atoms with E-state index >= 15 is 0 Å². The van der Waals surface area contributed by atoms with E-state index in [9.17, 15) is 14.8 Å². The zero-order chi connectivity index (χ0) is 23.8. The molecule has 4 atom stereocenters. The Kier molecular flexibility index (Phi) is 6.64. The number of fused-ring (bicyclic) bond motifs is 1. The average Bonchev–Trinajstić information content (AvgIpc) is 3.32. The van der Waals surface area contributed by atoms with Crippen LogP contribution >= 0.6 is 7.82 Å². The summed E-state index contributed by atoms with van der Waals surface area (Å²) < 4.78 is 26.4. The molecule has 2 aromatic heterocycles. The Morgan fingerprint density at radius 2 is 1.88 bits per heavy atom. The molecule has 3 heterocycles. The molecule has 0 saturated carbocycles. The second-order valence-corrected chi connectivity index (χ2v) is 8.88. The molecule has 0 amide bonds. The van der Waals surface area contributed by atoms with E-state index in [4.69, 9.17) is 19.3 Å². The van der Waals surface area contributed by atoms with Gasteiger partial charge in [0.05, 0.1) is 12.9 Å². The number of aromatic amines is 1. The van der Waals surface area contributed by atoms with Crippen molar-refractivity contribution in [1.82, 2.24) is 19.9 Å². The number of phosphoric acid groups is 1. The first-order valence-electron chi connectivity index (χ1n) is 9.99. The zero-order valence-corrected chi connectivity index (χ0v) is 18.6. The van der Waals surface area contributed by atoms with Gasteiger partial charge in [0, 0.05) is 6.54 Å². The molecule has 14 heteroatoms. The molecule has 4 rings (SSSR count). The summed E-state index contributed by atoms with van der Waals surface area (Å²) in [6.45, 7) is 3.68. The monoisotopic (exact) mass is 481 g/mol. The van der Waals surface area contributed by atoms with Crippen LogP contribution in [-0.2, 0) is 20.4 Å². The molecule has 0 radical (unpaired) electrons. The third-order valence-corrected chi connectivity index (χ3v) is 5.79. The number of benzene rings is 1. The van der Waals surface area contributed by atoms with Crippen molar-refractivity contribution in [1.29, 1.82) is 0 Å². The van der Waals surface area contributed by atoms with E-state index in [1.165, 1.54) is 6.33 Å². The Bertz CT molecular complexity index is 1160. The maximum atomic E-state index is 10.9. The predicted octanol–water partition coefficient (Wildman–Crippen LogP) is 0.517. The second-order valence-electron chi connectivity index (χ2n) is 7.64. The number of aliphatic hydroxyl groups is 2. The summed E-state index contributed by atoms with van der Waals surface area (Å²) >= 11 is 0. The Morgan fingerprint density at radius 3 is 2.58 bits per heavy atom. The number of aliphatic hydroxyl groups excluding tert-OH is 2. The Balaban J connectivity index is 1.43. The molecular weight excluding hydrogens is 457 g/mol. The Labute approximate surface area is 188 Å². The molecule has 6 N–H and O–H groups in total. The number of hydrogen-bond donors (Lipinski definition) is 6. The van der Waals surface area contributed by atoms with E-state index in [1.807, 2.05) is 13.8 Å². The van der Waals surface area contributed by atoms with E-state index in [0.29, 0.717) is 29.3 Å². The van der Waals surface area contributed by atoms with Crippen LogP contribution in [0.25, 0.3) is 11.2 Å². The lowest BCUT2D eigenvalue weighted by Gasteiger charge is -2.19. The quantitative estimate of drug-likeness (QED) is 0.245. The fourth-order valence-electron chi connectivity index (χ4n) is 3.63. The van der Waals surface area contributed by atoms with Crippen LogP contribution in [0.4, 0.5) is 5.82 Å². The lowest BCUT2D eigenvalue weighted by atomic mass is 10.0. The van der Waals surface area contributed by atoms with Crippen molar-refractivity contribution < 1.29 is 38.6 Å². The molecule has 1 fully saturated rings. The van der Waals surface area contributed by atoms with Gasteiger partial charge >= 0.3 is 7.82 Å². The van der Waals surface area contributed by atoms with E-state index in [1.54, 1.807) is 18.5 Å². The number of ether oxygens (including phenoxy) is 2. The van der Waals surface area contributed by atoms with Gasteiger partial charge in [-0.2, -0.15) is 0 Å². The molecular formula is C19H24N5O8P. The van der Waals surface area contributed by atoms with Gasteiger partial charge in [0.2, 0.25) is 6.29 Å². The molecule has 0 aliphatic carbocycles. The maximum absolute atomic E-state index is 10.9. The van der Waals surface area contributed by atoms with Crippen LogP contribution in [0.2, 0.25) is 0 Å². The van der Waals surface area contributed by atoms with Crippen LogP contribution in [0.1, 0.15) is 16.7 Å². The van der Waals surface area contributed by atoms with Crippen molar-refractivity contribution in [3.63, 3.8) is 0 Å². The first-order chi connectivity index (χ1) is 15.6. The van der Waals surface area contributed by atoms with E-state index in [-0.39, 0.29) is 0 Å². The summed E-state index contributed by atoms with van der Waals surface area (Å²) in [7, 11) is -4.74. The van der Waals surface area contributed by atoms with Gasteiger partial charge in [0.15, 0.2) is 11.5 Å². The molecule has 0 bridgehead atoms. The van der Waals surface area contributed by atoms with Crippen LogP contribution < -0.4 is 10.1 Å². The van der Waals surface area contributed by atoms with Crippen molar-refractivity contribution in [3.8, 4) is 5.75 Å². The van der Waals surface area contributed by atoms with Gasteiger partial charge in [-0.3, -0.25) is 4.52 Å². The molecule has 1 saturated heterocycles. The number of nitrogens with zero attached hydrogens (tertiary/aromatic N) is 3. The summed E-state index contributed by atoms with van der Waals surface area (Å²) in [4.78, 5) is 33.1. The SMILES string of the molecule is Cc1cc(OC2O[C@H](COP(=O)(O)O)[C@@H](O)[C@H]2O)cc(C)c1CNc1ncnc2nc[nH]c12. The summed E-state index contributed by atoms with van der Waals surface area (Å²) in [6, 6.07) is 3.52. The molecule has 1 aromatic carbocycles. The Morgan fingerprint density at radius 1 is 1.15 bits per heavy atom. The van der Waals surface area contributed by atoms with Gasteiger partial charge in [-0.05, 0) is 42.7 Å². The number of aryl methyl sites for hydroxylation is 2. The number of hydrogen-bond acceptors (Lipinski definition) is 10. The maximum Gasteiger partial charge on any atom is 0.469 e. The third-order valence-electron chi connectivity index (χ3n) is 5.30. The highest BCUT2D eigenvalue weighted by molar-refractivity contribution is 7.46. The first-order valence-corrected chi connectivity index (χ1v) is 11.5. The minimum absolute atomic E-state index is 0.402. The number of aromatic nitrogens is 4. The lowest BCUT2D eigenvalue weighted by molar-refractivity contribution is -0.116. The number of phosphoric ester groups is 1. The van der Waals surface area contributed by atoms with Crippen LogP contribution in [0.3, 0.4) is 0 Å². The highest BCUT2D eigenvalue weighted by atomic mass is 31.2. The standard InChI is InChI=1S/C19H24N5O8P/c1-9-3-11(31-19-16(26)15(25)13(32-19)6-30-33(27,28)29)4-10(2)12(9)5-20-17-14-18(22-7-21-14)24-8-23-17/h3-4,7-8,13,15-16,19,25-26H,5-6H2,1-2H3,(H2,27,28,29)(H2,20,21,22,23,24)/t13-,15-,16-,19?/m1/s1. The largest absolute Gasteiger partial charge is 0.469 e. The molecule has 1 aliphatic rings. The van der Waals surface area contributed by atoms with Crippen molar-refractivity contribution in [2.75, 3.05) is 11.9 Å². The fourth-order valence-corrected chi connectivity index (χ4v) is 3.97. The van der Waals surface area contributed by atoms with E-state index in [0.717, 1.165) is 16.7 Å². The number of nitrogens with one attached hydrogen (secondary N) is 2. The van der Waals surface area contributed by atoms with Crippen LogP contribution in [-0.4, -0.2) is 71.1 Å². The van der Waals surface area contributed by atoms with Gasteiger partial charge in [0.25, 0.3) is 0 Å². The molecule has 178 valence electrons. The van der Waals surface area contributed by atoms with E-state index in [2.05, 4.69) is 29.8 Å². The average molecular weight is 481 g/mol. The number of H-pyrrole nitrogens is 1. The van der Waals surface area contributed by atoms with Crippen LogP contribution in [0.5, 0.6) is 5.75 Å². The van der Waals surface area contributed by atoms with Crippen LogP contribution in [0.15, 0.2) is 24.8 Å². The van der Waals surface area contributed by atoms with Gasteiger partial charge in [-0.25, -0.2) is 19.5 Å². The van der Waals surface area contributed by atoms with Crippen molar-refractivity contribution >= 4 is 24.8 Å². The summed E-state index contributed by atoms with van der Waals surface area (Å²) in [5.41, 5.74) is 4.08. The minimum Gasteiger partial charge on any atom is -0.462 e. The Hall–Kier alpha value is -2.64. The number of imidazole rings is 1.